The average Bonchev–Trinajstić information content (AvgIpc) is 2.66. The van der Waals surface area contributed by atoms with Crippen LogP contribution in [0.25, 0.3) is 0 Å². The number of nitrogens with zero attached hydrogens (tertiary/aromatic N) is 1. The molecule has 0 saturated carbocycles. The first-order chi connectivity index (χ1) is 12.4. The second kappa shape index (κ2) is 7.96. The van der Waals surface area contributed by atoms with Crippen molar-refractivity contribution >= 4 is 39.2 Å². The van der Waals surface area contributed by atoms with Gasteiger partial charge in [-0.3, -0.25) is 0 Å². The highest BCUT2D eigenvalue weighted by molar-refractivity contribution is 7.89. The van der Waals surface area contributed by atoms with Gasteiger partial charge in [0.25, 0.3) is 0 Å². The first-order valence-corrected chi connectivity index (χ1v) is 10.4. The van der Waals surface area contributed by atoms with Gasteiger partial charge in [0, 0.05) is 13.1 Å². The maximum absolute atomic E-state index is 12.8. The van der Waals surface area contributed by atoms with Gasteiger partial charge in [0.15, 0.2) is 5.75 Å². The molecule has 0 radical (unpaired) electrons. The number of halogens is 2. The third kappa shape index (κ3) is 4.04. The Balaban J connectivity index is 1.84. The number of ether oxygens (including phenoxy) is 1. The number of benzene rings is 2. The van der Waals surface area contributed by atoms with E-state index in [0.717, 1.165) is 19.3 Å². The van der Waals surface area contributed by atoms with Crippen LogP contribution in [0.5, 0.6) is 5.75 Å². The fourth-order valence-corrected chi connectivity index (χ4v) is 4.65. The predicted octanol–water partition coefficient (Wildman–Crippen LogP) is 4.39. The lowest BCUT2D eigenvalue weighted by Crippen LogP contribution is -2.35. The predicted molar refractivity (Wildman–Crippen MR) is 100 cm³/mol. The summed E-state index contributed by atoms with van der Waals surface area (Å²) in [6.45, 7) is 0.990. The molecule has 1 aliphatic heterocycles. The third-order valence-corrected chi connectivity index (χ3v) is 6.84. The van der Waals surface area contributed by atoms with Crippen molar-refractivity contribution in [3.8, 4) is 5.75 Å². The Morgan fingerprint density at radius 2 is 1.69 bits per heavy atom. The minimum Gasteiger partial charge on any atom is -0.421 e. The monoisotopic (exact) mass is 413 g/mol. The summed E-state index contributed by atoms with van der Waals surface area (Å²) in [5.74, 6) is -0.585. The minimum atomic E-state index is -3.63. The van der Waals surface area contributed by atoms with Gasteiger partial charge in [0.1, 0.15) is 5.02 Å². The molecule has 0 amide bonds. The molecule has 0 N–H and O–H groups in total. The van der Waals surface area contributed by atoms with Crippen LogP contribution in [0.2, 0.25) is 10.0 Å². The first kappa shape index (κ1) is 19.2. The maximum Gasteiger partial charge on any atom is 0.343 e. The number of esters is 1. The molecule has 3 rings (SSSR count). The van der Waals surface area contributed by atoms with E-state index in [1.54, 1.807) is 12.1 Å². The Morgan fingerprint density at radius 3 is 2.42 bits per heavy atom. The molecule has 0 unspecified atom stereocenters. The quantitative estimate of drug-likeness (QED) is 0.550. The zero-order chi connectivity index (χ0) is 18.7. The number of sulfonamides is 1. The summed E-state index contributed by atoms with van der Waals surface area (Å²) in [5, 5.41) is 0.387. The van der Waals surface area contributed by atoms with Crippen molar-refractivity contribution in [2.75, 3.05) is 13.1 Å². The van der Waals surface area contributed by atoms with Gasteiger partial charge in [0.05, 0.1) is 15.5 Å². The summed E-state index contributed by atoms with van der Waals surface area (Å²) in [7, 11) is -3.63. The van der Waals surface area contributed by atoms with Crippen molar-refractivity contribution in [1.29, 1.82) is 0 Å². The van der Waals surface area contributed by atoms with Crippen LogP contribution >= 0.6 is 23.2 Å². The molecule has 2 aromatic carbocycles. The normalized spacial score (nSPS) is 15.6. The van der Waals surface area contributed by atoms with E-state index in [0.29, 0.717) is 13.1 Å². The molecule has 0 bridgehead atoms. The summed E-state index contributed by atoms with van der Waals surface area (Å²) in [4.78, 5) is 12.5. The molecular formula is C18H17Cl2NO4S. The third-order valence-electron chi connectivity index (χ3n) is 4.14. The number of carbonyl (C=O) groups excluding carboxylic acids is 1. The van der Waals surface area contributed by atoms with Gasteiger partial charge in [0.2, 0.25) is 10.0 Å². The standard InChI is InChI=1S/C18H17Cl2NO4S/c19-15-8-5-9-16(17(15)20)25-18(22)13-6-4-7-14(12-13)26(23,24)21-10-2-1-3-11-21/h4-9,12H,1-3,10-11H2. The molecule has 0 spiro atoms. The van der Waals surface area contributed by atoms with Crippen LogP contribution in [0.4, 0.5) is 0 Å². The van der Waals surface area contributed by atoms with E-state index in [-0.39, 0.29) is 26.3 Å². The van der Waals surface area contributed by atoms with Gasteiger partial charge in [-0.2, -0.15) is 4.31 Å². The number of piperidine rings is 1. The molecule has 1 saturated heterocycles. The van der Waals surface area contributed by atoms with E-state index < -0.39 is 16.0 Å². The van der Waals surface area contributed by atoms with E-state index in [4.69, 9.17) is 27.9 Å². The highest BCUT2D eigenvalue weighted by Crippen LogP contribution is 2.32. The number of carbonyl (C=O) groups is 1. The second-order valence-corrected chi connectivity index (χ2v) is 8.66. The molecule has 2 aromatic rings. The number of hydrogen-bond donors (Lipinski definition) is 0. The Bertz CT molecular complexity index is 925. The van der Waals surface area contributed by atoms with Gasteiger partial charge in [-0.25, -0.2) is 13.2 Å². The zero-order valence-corrected chi connectivity index (χ0v) is 16.1. The Hall–Kier alpha value is -1.60. The van der Waals surface area contributed by atoms with E-state index in [9.17, 15) is 13.2 Å². The van der Waals surface area contributed by atoms with Crippen LogP contribution in [0.3, 0.4) is 0 Å². The van der Waals surface area contributed by atoms with Crippen LogP contribution in [-0.2, 0) is 10.0 Å². The minimum absolute atomic E-state index is 0.0750. The maximum atomic E-state index is 12.8. The van der Waals surface area contributed by atoms with E-state index in [1.165, 1.54) is 34.6 Å². The topological polar surface area (TPSA) is 63.7 Å². The molecule has 1 heterocycles. The molecule has 0 aromatic heterocycles. The molecule has 5 nitrogen and oxygen atoms in total. The molecule has 1 fully saturated rings. The summed E-state index contributed by atoms with van der Waals surface area (Å²) in [5.41, 5.74) is 0.124. The Kier molecular flexibility index (Phi) is 5.87. The number of hydrogen-bond acceptors (Lipinski definition) is 4. The lowest BCUT2D eigenvalue weighted by molar-refractivity contribution is 0.0734. The molecule has 138 valence electrons. The summed E-state index contributed by atoms with van der Waals surface area (Å²) in [6.07, 6.45) is 2.71. The average molecular weight is 414 g/mol. The SMILES string of the molecule is O=C(Oc1cccc(Cl)c1Cl)c1cccc(S(=O)(=O)N2CCCCC2)c1. The van der Waals surface area contributed by atoms with Crippen molar-refractivity contribution in [2.45, 2.75) is 24.2 Å². The van der Waals surface area contributed by atoms with Gasteiger partial charge in [-0.15, -0.1) is 0 Å². The number of rotatable bonds is 4. The molecule has 0 aliphatic carbocycles. The molecule has 26 heavy (non-hydrogen) atoms. The van der Waals surface area contributed by atoms with Crippen molar-refractivity contribution in [1.82, 2.24) is 4.31 Å². The van der Waals surface area contributed by atoms with Gasteiger partial charge >= 0.3 is 5.97 Å². The largest absolute Gasteiger partial charge is 0.421 e. The van der Waals surface area contributed by atoms with Gasteiger partial charge in [-0.1, -0.05) is 41.8 Å². The van der Waals surface area contributed by atoms with Crippen LogP contribution in [-0.4, -0.2) is 31.8 Å². The fraction of sp³-hybridized carbons (Fsp3) is 0.278. The second-order valence-electron chi connectivity index (χ2n) is 5.93. The Morgan fingerprint density at radius 1 is 1.00 bits per heavy atom. The van der Waals surface area contributed by atoms with Gasteiger partial charge in [-0.05, 0) is 43.2 Å². The summed E-state index contributed by atoms with van der Waals surface area (Å²) >= 11 is 11.9. The lowest BCUT2D eigenvalue weighted by atomic mass is 10.2. The Labute approximate surface area is 162 Å². The highest BCUT2D eigenvalue weighted by atomic mass is 35.5. The fourth-order valence-electron chi connectivity index (χ4n) is 2.76. The summed E-state index contributed by atoms with van der Waals surface area (Å²) < 4.78 is 32.2. The van der Waals surface area contributed by atoms with E-state index in [1.807, 2.05) is 0 Å². The lowest BCUT2D eigenvalue weighted by Gasteiger charge is -2.25. The van der Waals surface area contributed by atoms with Crippen molar-refractivity contribution < 1.29 is 17.9 Å². The van der Waals surface area contributed by atoms with Crippen molar-refractivity contribution in [3.63, 3.8) is 0 Å². The van der Waals surface area contributed by atoms with Crippen molar-refractivity contribution in [3.05, 3.63) is 58.1 Å². The van der Waals surface area contributed by atoms with Gasteiger partial charge < -0.3 is 4.74 Å². The first-order valence-electron chi connectivity index (χ1n) is 8.16. The zero-order valence-electron chi connectivity index (χ0n) is 13.8. The van der Waals surface area contributed by atoms with Crippen LogP contribution < -0.4 is 4.74 Å². The van der Waals surface area contributed by atoms with E-state index in [2.05, 4.69) is 0 Å². The molecular weight excluding hydrogens is 397 g/mol. The smallest absolute Gasteiger partial charge is 0.343 e. The van der Waals surface area contributed by atoms with Crippen LogP contribution in [0.1, 0.15) is 29.6 Å². The van der Waals surface area contributed by atoms with E-state index >= 15 is 0 Å². The molecule has 1 aliphatic rings. The van der Waals surface area contributed by atoms with Crippen molar-refractivity contribution in [2.24, 2.45) is 0 Å². The van der Waals surface area contributed by atoms with Crippen LogP contribution in [0, 0.1) is 0 Å². The summed E-state index contributed by atoms with van der Waals surface area (Å²) in [6, 6.07) is 10.5. The molecule has 8 heteroatoms. The highest BCUT2D eigenvalue weighted by Gasteiger charge is 2.26. The molecule has 0 atom stereocenters. The van der Waals surface area contributed by atoms with Crippen LogP contribution in [0.15, 0.2) is 47.4 Å².